The molecular formula is C10H14FN. The zero-order valence-electron chi connectivity index (χ0n) is 7.36. The number of halogens is 1. The Morgan fingerprint density at radius 3 is 2.33 bits per heavy atom. The third kappa shape index (κ3) is 6.81. The Labute approximate surface area is 73.0 Å². The highest BCUT2D eigenvalue weighted by Crippen LogP contribution is 1.98. The lowest BCUT2D eigenvalue weighted by molar-refractivity contribution is 0.671. The van der Waals surface area contributed by atoms with E-state index in [1.165, 1.54) is 6.08 Å². The lowest BCUT2D eigenvalue weighted by Crippen LogP contribution is -2.12. The molecule has 0 aromatic carbocycles. The Balaban J connectivity index is 3.75. The Kier molecular flexibility index (Phi) is 4.77. The van der Waals surface area contributed by atoms with Gasteiger partial charge in [-0.25, -0.2) is 4.39 Å². The van der Waals surface area contributed by atoms with Crippen molar-refractivity contribution in [3.05, 3.63) is 49.0 Å². The number of nitrogens with one attached hydrogen (secondary N) is 1. The van der Waals surface area contributed by atoms with E-state index in [1.54, 1.807) is 6.08 Å². The van der Waals surface area contributed by atoms with Gasteiger partial charge in [0, 0.05) is 12.2 Å². The van der Waals surface area contributed by atoms with Crippen LogP contribution in [0.5, 0.6) is 0 Å². The fourth-order valence-corrected chi connectivity index (χ4v) is 0.532. The van der Waals surface area contributed by atoms with Crippen LogP contribution in [0.15, 0.2) is 49.0 Å². The molecule has 12 heavy (non-hydrogen) atoms. The average molecular weight is 167 g/mol. The van der Waals surface area contributed by atoms with E-state index in [9.17, 15) is 4.39 Å². The zero-order valence-corrected chi connectivity index (χ0v) is 7.36. The number of hydrogen-bond donors (Lipinski definition) is 1. The molecule has 1 nitrogen and oxygen atoms in total. The molecule has 0 saturated carbocycles. The molecule has 0 heterocycles. The lowest BCUT2D eigenvalue weighted by Gasteiger charge is -2.03. The Hall–Kier alpha value is -1.31. The van der Waals surface area contributed by atoms with Crippen LogP contribution in [0.2, 0.25) is 0 Å². The second-order valence-corrected chi connectivity index (χ2v) is 2.57. The van der Waals surface area contributed by atoms with Gasteiger partial charge >= 0.3 is 0 Å². The standard InChI is InChI=1S/C10H14FN/c1-8(2)12-7-9(3)5-6-10(4)11/h5-6,12H,1,3-4,7H2,2H3/b6-5-. The molecule has 0 rings (SSSR count). The van der Waals surface area contributed by atoms with Gasteiger partial charge in [-0.1, -0.05) is 25.8 Å². The van der Waals surface area contributed by atoms with Gasteiger partial charge in [0.15, 0.2) is 0 Å². The van der Waals surface area contributed by atoms with Gasteiger partial charge in [0.2, 0.25) is 0 Å². The quantitative estimate of drug-likeness (QED) is 0.621. The monoisotopic (exact) mass is 167 g/mol. The van der Waals surface area contributed by atoms with Gasteiger partial charge in [0.05, 0.1) is 0 Å². The largest absolute Gasteiger partial charge is 0.385 e. The fourth-order valence-electron chi connectivity index (χ4n) is 0.532. The van der Waals surface area contributed by atoms with Crippen molar-refractivity contribution in [1.82, 2.24) is 5.32 Å². The molecule has 0 fully saturated rings. The third-order valence-electron chi connectivity index (χ3n) is 1.12. The summed E-state index contributed by atoms with van der Waals surface area (Å²) >= 11 is 0. The van der Waals surface area contributed by atoms with E-state index in [2.05, 4.69) is 25.1 Å². The van der Waals surface area contributed by atoms with E-state index < -0.39 is 5.83 Å². The highest BCUT2D eigenvalue weighted by atomic mass is 19.1. The van der Waals surface area contributed by atoms with Crippen LogP contribution >= 0.6 is 0 Å². The van der Waals surface area contributed by atoms with E-state index >= 15 is 0 Å². The summed E-state index contributed by atoms with van der Waals surface area (Å²) in [7, 11) is 0. The van der Waals surface area contributed by atoms with E-state index in [0.29, 0.717) is 6.54 Å². The first-order valence-corrected chi connectivity index (χ1v) is 3.62. The SMILES string of the molecule is C=C(F)/C=C\C(=C)CNC(=C)C. The molecule has 0 aromatic heterocycles. The summed E-state index contributed by atoms with van der Waals surface area (Å²) in [5, 5.41) is 2.97. The molecule has 1 N–H and O–H groups in total. The van der Waals surface area contributed by atoms with Gasteiger partial charge in [-0.2, -0.15) is 0 Å². The highest BCUT2D eigenvalue weighted by Gasteiger charge is 1.88. The van der Waals surface area contributed by atoms with Gasteiger partial charge in [0.1, 0.15) is 5.83 Å². The van der Waals surface area contributed by atoms with Gasteiger partial charge in [-0.15, -0.1) is 0 Å². The summed E-state index contributed by atoms with van der Waals surface area (Å²) in [6.45, 7) is 12.9. The molecule has 0 aliphatic heterocycles. The summed E-state index contributed by atoms with van der Waals surface area (Å²) in [6, 6.07) is 0. The first-order valence-electron chi connectivity index (χ1n) is 3.62. The molecule has 0 spiro atoms. The maximum Gasteiger partial charge on any atom is 0.116 e. The summed E-state index contributed by atoms with van der Waals surface area (Å²) < 4.78 is 12.1. The Morgan fingerprint density at radius 2 is 1.92 bits per heavy atom. The molecule has 0 unspecified atom stereocenters. The summed E-state index contributed by atoms with van der Waals surface area (Å²) in [5.41, 5.74) is 1.65. The third-order valence-corrected chi connectivity index (χ3v) is 1.12. The van der Waals surface area contributed by atoms with Gasteiger partial charge in [-0.3, -0.25) is 0 Å². The molecular weight excluding hydrogens is 153 g/mol. The molecule has 0 saturated heterocycles. The molecule has 0 amide bonds. The fraction of sp³-hybridized carbons (Fsp3) is 0.200. The first-order chi connectivity index (χ1) is 5.52. The smallest absolute Gasteiger partial charge is 0.116 e. The highest BCUT2D eigenvalue weighted by molar-refractivity contribution is 5.22. The summed E-state index contributed by atoms with van der Waals surface area (Å²) in [4.78, 5) is 0. The van der Waals surface area contributed by atoms with Gasteiger partial charge in [-0.05, 0) is 18.6 Å². The number of hydrogen-bond acceptors (Lipinski definition) is 1. The first kappa shape index (κ1) is 10.7. The zero-order chi connectivity index (χ0) is 9.56. The van der Waals surface area contributed by atoms with Gasteiger partial charge < -0.3 is 5.32 Å². The molecule has 0 aliphatic rings. The van der Waals surface area contributed by atoms with Crippen LogP contribution in [0.1, 0.15) is 6.92 Å². The molecule has 0 radical (unpaired) electrons. The van der Waals surface area contributed by atoms with Gasteiger partial charge in [0.25, 0.3) is 0 Å². The minimum atomic E-state index is -0.466. The number of rotatable bonds is 5. The predicted octanol–water partition coefficient (Wildman–Crippen LogP) is 2.71. The van der Waals surface area contributed by atoms with Crippen molar-refractivity contribution in [2.75, 3.05) is 6.54 Å². The molecule has 0 bridgehead atoms. The average Bonchev–Trinajstić information content (AvgIpc) is 1.96. The number of allylic oxidation sites excluding steroid dienone is 3. The summed E-state index contributed by atoms with van der Waals surface area (Å²) in [5.74, 6) is -0.466. The Morgan fingerprint density at radius 1 is 1.33 bits per heavy atom. The summed E-state index contributed by atoms with van der Waals surface area (Å²) in [6.07, 6.45) is 2.86. The molecule has 2 heteroatoms. The van der Waals surface area contributed by atoms with Crippen molar-refractivity contribution in [2.24, 2.45) is 0 Å². The van der Waals surface area contributed by atoms with Crippen molar-refractivity contribution in [1.29, 1.82) is 0 Å². The van der Waals surface area contributed by atoms with Crippen LogP contribution in [-0.2, 0) is 0 Å². The van der Waals surface area contributed by atoms with Crippen LogP contribution in [-0.4, -0.2) is 6.54 Å². The van der Waals surface area contributed by atoms with Crippen molar-refractivity contribution in [3.63, 3.8) is 0 Å². The van der Waals surface area contributed by atoms with Crippen molar-refractivity contribution in [2.45, 2.75) is 6.92 Å². The van der Waals surface area contributed by atoms with Crippen molar-refractivity contribution >= 4 is 0 Å². The van der Waals surface area contributed by atoms with Crippen LogP contribution in [0.25, 0.3) is 0 Å². The van der Waals surface area contributed by atoms with E-state index in [-0.39, 0.29) is 0 Å². The molecule has 0 atom stereocenters. The predicted molar refractivity (Wildman–Crippen MR) is 51.3 cm³/mol. The normalized spacial score (nSPS) is 9.83. The second kappa shape index (κ2) is 5.35. The maximum atomic E-state index is 12.1. The lowest BCUT2D eigenvalue weighted by atomic mass is 10.2. The van der Waals surface area contributed by atoms with Crippen LogP contribution in [0, 0.1) is 0 Å². The van der Waals surface area contributed by atoms with E-state index in [4.69, 9.17) is 0 Å². The van der Waals surface area contributed by atoms with Crippen LogP contribution in [0.3, 0.4) is 0 Å². The molecule has 0 aliphatic carbocycles. The minimum Gasteiger partial charge on any atom is -0.385 e. The molecule has 66 valence electrons. The van der Waals surface area contributed by atoms with Crippen LogP contribution < -0.4 is 5.32 Å². The molecule has 0 aromatic rings. The van der Waals surface area contributed by atoms with Crippen molar-refractivity contribution < 1.29 is 4.39 Å². The Bertz CT molecular complexity index is 226. The van der Waals surface area contributed by atoms with Crippen molar-refractivity contribution in [3.8, 4) is 0 Å². The minimum absolute atomic E-state index is 0.466. The maximum absolute atomic E-state index is 12.1. The topological polar surface area (TPSA) is 12.0 Å². The van der Waals surface area contributed by atoms with E-state index in [1.807, 2.05) is 6.92 Å². The second-order valence-electron chi connectivity index (χ2n) is 2.57. The van der Waals surface area contributed by atoms with E-state index in [0.717, 1.165) is 11.3 Å². The van der Waals surface area contributed by atoms with Crippen LogP contribution in [0.4, 0.5) is 4.39 Å².